The number of carbonyl (C=O) groups is 1. The van der Waals surface area contributed by atoms with E-state index in [0.29, 0.717) is 23.2 Å². The topological polar surface area (TPSA) is 64.4 Å². The highest BCUT2D eigenvalue weighted by molar-refractivity contribution is 7.14. The molecule has 0 saturated heterocycles. The van der Waals surface area contributed by atoms with Gasteiger partial charge in [-0.1, -0.05) is 12.1 Å². The zero-order valence-corrected chi connectivity index (χ0v) is 15.2. The van der Waals surface area contributed by atoms with Crippen LogP contribution in [-0.2, 0) is 0 Å². The van der Waals surface area contributed by atoms with Crippen molar-refractivity contribution in [2.45, 2.75) is 6.92 Å². The van der Waals surface area contributed by atoms with E-state index in [-0.39, 0.29) is 5.56 Å². The fourth-order valence-electron chi connectivity index (χ4n) is 2.66. The molecule has 0 unspecified atom stereocenters. The van der Waals surface area contributed by atoms with Crippen LogP contribution >= 0.6 is 11.3 Å². The highest BCUT2D eigenvalue weighted by Gasteiger charge is 2.15. The van der Waals surface area contributed by atoms with E-state index in [9.17, 15) is 9.18 Å². The van der Waals surface area contributed by atoms with Gasteiger partial charge in [0.05, 0.1) is 12.2 Å². The lowest BCUT2D eigenvalue weighted by molar-refractivity contribution is 0.102. The standard InChI is InChI=1S/C20H15FN2O3S/c1-2-25-13-7-8-17-12(9-13)10-18(26-17)16-11-27-20(22-16)23-19(24)14-5-3-4-6-15(14)21/h3-11H,2H2,1H3,(H,22,23,24). The van der Waals surface area contributed by atoms with Crippen molar-refractivity contribution in [3.8, 4) is 17.2 Å². The Hall–Kier alpha value is -3.19. The number of aromatic nitrogens is 1. The minimum Gasteiger partial charge on any atom is -0.494 e. The number of fused-ring (bicyclic) bond motifs is 1. The van der Waals surface area contributed by atoms with Crippen molar-refractivity contribution >= 4 is 33.3 Å². The maximum Gasteiger partial charge on any atom is 0.260 e. The number of benzene rings is 2. The number of nitrogens with one attached hydrogen (secondary N) is 1. The molecule has 0 atom stereocenters. The van der Waals surface area contributed by atoms with E-state index in [2.05, 4.69) is 10.3 Å². The van der Waals surface area contributed by atoms with Crippen molar-refractivity contribution in [3.63, 3.8) is 0 Å². The fourth-order valence-corrected chi connectivity index (χ4v) is 3.35. The minimum atomic E-state index is -0.575. The van der Waals surface area contributed by atoms with E-state index >= 15 is 0 Å². The number of halogens is 1. The molecule has 4 aromatic rings. The van der Waals surface area contributed by atoms with Gasteiger partial charge in [0.25, 0.3) is 5.91 Å². The van der Waals surface area contributed by atoms with Crippen LogP contribution in [-0.4, -0.2) is 17.5 Å². The van der Waals surface area contributed by atoms with Gasteiger partial charge in [0, 0.05) is 10.8 Å². The number of rotatable bonds is 5. The summed E-state index contributed by atoms with van der Waals surface area (Å²) in [5.41, 5.74) is 1.29. The Kier molecular flexibility index (Phi) is 4.60. The van der Waals surface area contributed by atoms with Crippen LogP contribution in [0.3, 0.4) is 0 Å². The smallest absolute Gasteiger partial charge is 0.260 e. The molecule has 2 aromatic carbocycles. The van der Waals surface area contributed by atoms with Crippen molar-refractivity contribution in [2.75, 3.05) is 11.9 Å². The summed E-state index contributed by atoms with van der Waals surface area (Å²) < 4.78 is 25.0. The predicted octanol–water partition coefficient (Wildman–Crippen LogP) is 5.35. The monoisotopic (exact) mass is 382 g/mol. The third kappa shape index (κ3) is 3.54. The van der Waals surface area contributed by atoms with Crippen molar-refractivity contribution < 1.29 is 18.3 Å². The van der Waals surface area contributed by atoms with E-state index in [4.69, 9.17) is 9.15 Å². The average Bonchev–Trinajstić information content (AvgIpc) is 3.28. The Morgan fingerprint density at radius 2 is 2.11 bits per heavy atom. The molecular formula is C20H15FN2O3S. The number of furan rings is 1. The Labute approximate surface area is 158 Å². The summed E-state index contributed by atoms with van der Waals surface area (Å²) in [4.78, 5) is 16.6. The van der Waals surface area contributed by atoms with E-state index < -0.39 is 11.7 Å². The van der Waals surface area contributed by atoms with Crippen LogP contribution in [0.5, 0.6) is 5.75 Å². The van der Waals surface area contributed by atoms with Gasteiger partial charge >= 0.3 is 0 Å². The molecule has 1 N–H and O–H groups in total. The van der Waals surface area contributed by atoms with Gasteiger partial charge in [0.2, 0.25) is 0 Å². The maximum atomic E-state index is 13.7. The summed E-state index contributed by atoms with van der Waals surface area (Å²) >= 11 is 1.24. The predicted molar refractivity (Wildman–Crippen MR) is 103 cm³/mol. The molecule has 0 bridgehead atoms. The van der Waals surface area contributed by atoms with Crippen molar-refractivity contribution in [2.24, 2.45) is 0 Å². The first-order chi connectivity index (χ1) is 13.1. The maximum absolute atomic E-state index is 13.7. The zero-order valence-electron chi connectivity index (χ0n) is 14.4. The van der Waals surface area contributed by atoms with Gasteiger partial charge in [-0.3, -0.25) is 10.1 Å². The van der Waals surface area contributed by atoms with Crippen LogP contribution in [0.25, 0.3) is 22.4 Å². The molecule has 0 aliphatic heterocycles. The number of anilines is 1. The normalized spacial score (nSPS) is 10.9. The van der Waals surface area contributed by atoms with E-state index in [0.717, 1.165) is 16.7 Å². The summed E-state index contributed by atoms with van der Waals surface area (Å²) in [5.74, 6) is 0.240. The Morgan fingerprint density at radius 3 is 2.93 bits per heavy atom. The molecule has 0 fully saturated rings. The molecule has 0 aliphatic rings. The third-order valence-corrected chi connectivity index (χ3v) is 4.65. The molecule has 2 heterocycles. The van der Waals surface area contributed by atoms with Crippen LogP contribution in [0.2, 0.25) is 0 Å². The van der Waals surface area contributed by atoms with E-state index in [1.165, 1.54) is 29.5 Å². The summed E-state index contributed by atoms with van der Waals surface area (Å²) in [5, 5.41) is 5.66. The van der Waals surface area contributed by atoms with E-state index in [1.54, 1.807) is 11.4 Å². The first-order valence-electron chi connectivity index (χ1n) is 8.32. The van der Waals surface area contributed by atoms with Gasteiger partial charge in [-0.25, -0.2) is 9.37 Å². The number of hydrogen-bond donors (Lipinski definition) is 1. The Balaban J connectivity index is 1.56. The SMILES string of the molecule is CCOc1ccc2oc(-c3csc(NC(=O)c4ccccc4F)n3)cc2c1. The van der Waals surface area contributed by atoms with Gasteiger partial charge < -0.3 is 9.15 Å². The molecule has 7 heteroatoms. The summed E-state index contributed by atoms with van der Waals surface area (Å²) in [6.45, 7) is 2.52. The molecular weight excluding hydrogens is 367 g/mol. The second-order valence-corrected chi connectivity index (χ2v) is 6.57. The van der Waals surface area contributed by atoms with Crippen molar-refractivity contribution in [3.05, 3.63) is 65.3 Å². The highest BCUT2D eigenvalue weighted by atomic mass is 32.1. The highest BCUT2D eigenvalue weighted by Crippen LogP contribution is 2.32. The average molecular weight is 382 g/mol. The number of amides is 1. The second-order valence-electron chi connectivity index (χ2n) is 5.72. The molecule has 136 valence electrons. The molecule has 0 aliphatic carbocycles. The summed E-state index contributed by atoms with van der Waals surface area (Å²) in [6, 6.07) is 13.3. The summed E-state index contributed by atoms with van der Waals surface area (Å²) in [6.07, 6.45) is 0. The lowest BCUT2D eigenvalue weighted by atomic mass is 10.2. The van der Waals surface area contributed by atoms with Crippen LogP contribution in [0.4, 0.5) is 9.52 Å². The quantitative estimate of drug-likeness (QED) is 0.506. The largest absolute Gasteiger partial charge is 0.494 e. The molecule has 5 nitrogen and oxygen atoms in total. The van der Waals surface area contributed by atoms with Crippen LogP contribution in [0.1, 0.15) is 17.3 Å². The zero-order chi connectivity index (χ0) is 18.8. The van der Waals surface area contributed by atoms with Gasteiger partial charge in [-0.05, 0) is 43.3 Å². The number of carbonyl (C=O) groups excluding carboxylic acids is 1. The van der Waals surface area contributed by atoms with Gasteiger partial charge in [-0.15, -0.1) is 11.3 Å². The molecule has 0 spiro atoms. The van der Waals surface area contributed by atoms with E-state index in [1.807, 2.05) is 31.2 Å². The molecule has 27 heavy (non-hydrogen) atoms. The molecule has 0 radical (unpaired) electrons. The number of nitrogens with zero attached hydrogens (tertiary/aromatic N) is 1. The lowest BCUT2D eigenvalue weighted by Crippen LogP contribution is -2.13. The fraction of sp³-hybridized carbons (Fsp3) is 0.100. The van der Waals surface area contributed by atoms with Crippen molar-refractivity contribution in [1.82, 2.24) is 4.98 Å². The van der Waals surface area contributed by atoms with Gasteiger partial charge in [0.1, 0.15) is 22.8 Å². The number of hydrogen-bond acceptors (Lipinski definition) is 5. The number of thiazole rings is 1. The van der Waals surface area contributed by atoms with Crippen LogP contribution in [0, 0.1) is 5.82 Å². The summed E-state index contributed by atoms with van der Waals surface area (Å²) in [7, 11) is 0. The van der Waals surface area contributed by atoms with Crippen LogP contribution < -0.4 is 10.1 Å². The second kappa shape index (κ2) is 7.20. The third-order valence-electron chi connectivity index (χ3n) is 3.89. The molecule has 2 aromatic heterocycles. The number of ether oxygens (including phenoxy) is 1. The van der Waals surface area contributed by atoms with Gasteiger partial charge in [-0.2, -0.15) is 0 Å². The molecule has 1 amide bonds. The van der Waals surface area contributed by atoms with Crippen molar-refractivity contribution in [1.29, 1.82) is 0 Å². The molecule has 0 saturated carbocycles. The van der Waals surface area contributed by atoms with Crippen LogP contribution in [0.15, 0.2) is 58.3 Å². The first kappa shape index (κ1) is 17.2. The molecule has 4 rings (SSSR count). The van der Waals surface area contributed by atoms with Gasteiger partial charge in [0.15, 0.2) is 10.9 Å². The minimum absolute atomic E-state index is 0.0264. The Morgan fingerprint density at radius 1 is 1.26 bits per heavy atom. The lowest BCUT2D eigenvalue weighted by Gasteiger charge is -2.02. The Bertz CT molecular complexity index is 1120. The first-order valence-corrected chi connectivity index (χ1v) is 9.20.